The summed E-state index contributed by atoms with van der Waals surface area (Å²) in [7, 11) is 0. The van der Waals surface area contributed by atoms with E-state index in [4.69, 9.17) is 11.5 Å². The van der Waals surface area contributed by atoms with Gasteiger partial charge in [-0.1, -0.05) is 0 Å². The summed E-state index contributed by atoms with van der Waals surface area (Å²) < 4.78 is 0. The first kappa shape index (κ1) is 10.1. The number of hydrogen-bond donors (Lipinski definition) is 2. The maximum atomic E-state index is 5.65. The van der Waals surface area contributed by atoms with E-state index in [9.17, 15) is 0 Å². The predicted molar refractivity (Wildman–Crippen MR) is 51.9 cm³/mol. The molecule has 0 aliphatic carbocycles. The first-order valence-corrected chi connectivity index (χ1v) is 4.48. The maximum absolute atomic E-state index is 5.65. The highest BCUT2D eigenvalue weighted by Gasteiger charge is 2.03. The molecule has 0 saturated heterocycles. The fourth-order valence-corrected chi connectivity index (χ4v) is 1.14. The first-order valence-electron chi connectivity index (χ1n) is 4.48. The van der Waals surface area contributed by atoms with Crippen LogP contribution in [0.2, 0.25) is 0 Å². The maximum Gasteiger partial charge on any atom is 0.0754 e. The highest BCUT2D eigenvalue weighted by molar-refractivity contribution is 5.10. The lowest BCUT2D eigenvalue weighted by molar-refractivity contribution is 0.651. The number of aromatic nitrogens is 2. The van der Waals surface area contributed by atoms with Gasteiger partial charge in [0.25, 0.3) is 0 Å². The van der Waals surface area contributed by atoms with E-state index in [0.717, 1.165) is 24.2 Å². The van der Waals surface area contributed by atoms with Crippen LogP contribution in [0.1, 0.15) is 24.7 Å². The summed E-state index contributed by atoms with van der Waals surface area (Å²) in [6.45, 7) is 2.43. The van der Waals surface area contributed by atoms with Gasteiger partial charge in [0.15, 0.2) is 0 Å². The summed E-state index contributed by atoms with van der Waals surface area (Å²) in [6.07, 6.45) is 5.14. The van der Waals surface area contributed by atoms with E-state index in [2.05, 4.69) is 9.97 Å². The zero-order valence-electron chi connectivity index (χ0n) is 7.90. The normalized spacial score (nSPS) is 12.8. The Morgan fingerprint density at radius 3 is 2.46 bits per heavy atom. The van der Waals surface area contributed by atoms with E-state index >= 15 is 0 Å². The molecule has 1 rings (SSSR count). The quantitative estimate of drug-likeness (QED) is 0.694. The Morgan fingerprint density at radius 2 is 1.92 bits per heavy atom. The second-order valence-corrected chi connectivity index (χ2v) is 3.17. The Bertz CT molecular complexity index is 260. The molecule has 1 heterocycles. The van der Waals surface area contributed by atoms with Gasteiger partial charge in [-0.05, 0) is 19.8 Å². The summed E-state index contributed by atoms with van der Waals surface area (Å²) in [4.78, 5) is 8.37. The predicted octanol–water partition coefficient (Wildman–Crippen LogP) is 0.215. The summed E-state index contributed by atoms with van der Waals surface area (Å²) >= 11 is 0. The van der Waals surface area contributed by atoms with Crippen molar-refractivity contribution >= 4 is 0 Å². The van der Waals surface area contributed by atoms with Gasteiger partial charge in [0.05, 0.1) is 11.4 Å². The molecule has 1 aromatic rings. The van der Waals surface area contributed by atoms with Crippen LogP contribution in [0.3, 0.4) is 0 Å². The molecule has 1 aromatic heterocycles. The second kappa shape index (κ2) is 4.89. The lowest BCUT2D eigenvalue weighted by Gasteiger charge is -2.06. The second-order valence-electron chi connectivity index (χ2n) is 3.17. The van der Waals surface area contributed by atoms with E-state index in [1.165, 1.54) is 0 Å². The van der Waals surface area contributed by atoms with Crippen molar-refractivity contribution in [3.05, 3.63) is 23.8 Å². The van der Waals surface area contributed by atoms with Crippen molar-refractivity contribution < 1.29 is 0 Å². The molecule has 4 nitrogen and oxygen atoms in total. The standard InChI is InChI=1S/C9H16N4/c1-7(11)2-3-8-9(6-10)13-5-4-12-8/h4-5,7H,2-3,6,10-11H2,1H3. The minimum absolute atomic E-state index is 0.202. The molecule has 1 atom stereocenters. The summed E-state index contributed by atoms with van der Waals surface area (Å²) in [5, 5.41) is 0. The van der Waals surface area contributed by atoms with Gasteiger partial charge in [0.1, 0.15) is 0 Å². The molecule has 0 fully saturated rings. The molecule has 0 aliphatic rings. The van der Waals surface area contributed by atoms with E-state index in [1.54, 1.807) is 12.4 Å². The van der Waals surface area contributed by atoms with Crippen molar-refractivity contribution in [1.82, 2.24) is 9.97 Å². The number of nitrogens with two attached hydrogens (primary N) is 2. The van der Waals surface area contributed by atoms with Crippen molar-refractivity contribution in [1.29, 1.82) is 0 Å². The van der Waals surface area contributed by atoms with Crippen LogP contribution in [-0.2, 0) is 13.0 Å². The third kappa shape index (κ3) is 3.08. The molecule has 0 amide bonds. The van der Waals surface area contributed by atoms with Gasteiger partial charge in [0, 0.05) is 25.0 Å². The fraction of sp³-hybridized carbons (Fsp3) is 0.556. The molecule has 4 N–H and O–H groups in total. The summed E-state index contributed by atoms with van der Waals surface area (Å²) in [5.74, 6) is 0. The molecule has 0 aromatic carbocycles. The largest absolute Gasteiger partial charge is 0.328 e. The Hall–Kier alpha value is -1.00. The Kier molecular flexibility index (Phi) is 3.79. The van der Waals surface area contributed by atoms with Crippen LogP contribution in [0.25, 0.3) is 0 Å². The Labute approximate surface area is 78.4 Å². The molecule has 1 unspecified atom stereocenters. The van der Waals surface area contributed by atoms with Gasteiger partial charge in [-0.3, -0.25) is 9.97 Å². The number of rotatable bonds is 4. The van der Waals surface area contributed by atoms with Crippen LogP contribution in [0.4, 0.5) is 0 Å². The average Bonchev–Trinajstić information content (AvgIpc) is 2.15. The van der Waals surface area contributed by atoms with Gasteiger partial charge in [0.2, 0.25) is 0 Å². The van der Waals surface area contributed by atoms with Crippen LogP contribution >= 0.6 is 0 Å². The Morgan fingerprint density at radius 1 is 1.31 bits per heavy atom. The third-order valence-electron chi connectivity index (χ3n) is 1.89. The minimum atomic E-state index is 0.202. The lowest BCUT2D eigenvalue weighted by atomic mass is 10.1. The Balaban J connectivity index is 2.64. The van der Waals surface area contributed by atoms with E-state index in [0.29, 0.717) is 6.54 Å². The average molecular weight is 180 g/mol. The smallest absolute Gasteiger partial charge is 0.0754 e. The van der Waals surface area contributed by atoms with E-state index in [-0.39, 0.29) is 6.04 Å². The van der Waals surface area contributed by atoms with Crippen LogP contribution in [0.15, 0.2) is 12.4 Å². The monoisotopic (exact) mass is 180 g/mol. The summed E-state index contributed by atoms with van der Waals surface area (Å²) in [5.41, 5.74) is 13.0. The number of hydrogen-bond acceptors (Lipinski definition) is 4. The fourth-order valence-electron chi connectivity index (χ4n) is 1.14. The molecule has 0 bridgehead atoms. The summed E-state index contributed by atoms with van der Waals surface area (Å²) in [6, 6.07) is 0.202. The third-order valence-corrected chi connectivity index (χ3v) is 1.89. The lowest BCUT2D eigenvalue weighted by Crippen LogP contribution is -2.17. The van der Waals surface area contributed by atoms with Crippen LogP contribution in [0.5, 0.6) is 0 Å². The van der Waals surface area contributed by atoms with Gasteiger partial charge in [-0.25, -0.2) is 0 Å². The molecule has 4 heteroatoms. The molecule has 0 aliphatic heterocycles. The zero-order valence-corrected chi connectivity index (χ0v) is 7.90. The molecule has 0 radical (unpaired) electrons. The van der Waals surface area contributed by atoms with Gasteiger partial charge < -0.3 is 11.5 Å². The molecular formula is C9H16N4. The van der Waals surface area contributed by atoms with Crippen molar-refractivity contribution in [2.75, 3.05) is 0 Å². The van der Waals surface area contributed by atoms with Crippen LogP contribution < -0.4 is 11.5 Å². The highest BCUT2D eigenvalue weighted by Crippen LogP contribution is 2.04. The number of aryl methyl sites for hydroxylation is 1. The van der Waals surface area contributed by atoms with Crippen molar-refractivity contribution in [3.63, 3.8) is 0 Å². The highest BCUT2D eigenvalue weighted by atomic mass is 14.8. The molecule has 0 spiro atoms. The van der Waals surface area contributed by atoms with Crippen molar-refractivity contribution in [3.8, 4) is 0 Å². The minimum Gasteiger partial charge on any atom is -0.328 e. The van der Waals surface area contributed by atoms with Crippen molar-refractivity contribution in [2.45, 2.75) is 32.4 Å². The van der Waals surface area contributed by atoms with Crippen molar-refractivity contribution in [2.24, 2.45) is 11.5 Å². The SMILES string of the molecule is CC(N)CCc1nccnc1CN. The van der Waals surface area contributed by atoms with Gasteiger partial charge in [-0.15, -0.1) is 0 Å². The van der Waals surface area contributed by atoms with Crippen LogP contribution in [0, 0.1) is 0 Å². The molecular weight excluding hydrogens is 164 g/mol. The molecule has 0 saturated carbocycles. The number of nitrogens with zero attached hydrogens (tertiary/aromatic N) is 2. The molecule has 13 heavy (non-hydrogen) atoms. The van der Waals surface area contributed by atoms with Gasteiger partial charge in [-0.2, -0.15) is 0 Å². The zero-order chi connectivity index (χ0) is 9.68. The van der Waals surface area contributed by atoms with Crippen LogP contribution in [-0.4, -0.2) is 16.0 Å². The van der Waals surface area contributed by atoms with Gasteiger partial charge >= 0.3 is 0 Å². The topological polar surface area (TPSA) is 77.8 Å². The van der Waals surface area contributed by atoms with E-state index in [1.807, 2.05) is 6.92 Å². The van der Waals surface area contributed by atoms with E-state index < -0.39 is 0 Å². The molecule has 72 valence electrons. The first-order chi connectivity index (χ1) is 6.24.